The van der Waals surface area contributed by atoms with E-state index in [4.69, 9.17) is 4.52 Å². The summed E-state index contributed by atoms with van der Waals surface area (Å²) in [4.78, 5) is 8.21. The van der Waals surface area contributed by atoms with Crippen LogP contribution >= 0.6 is 0 Å². The van der Waals surface area contributed by atoms with Crippen molar-refractivity contribution in [1.82, 2.24) is 15.1 Å². The van der Waals surface area contributed by atoms with E-state index >= 15 is 0 Å². The molecule has 1 N–H and O–H groups in total. The predicted octanol–water partition coefficient (Wildman–Crippen LogP) is 2.74. The lowest BCUT2D eigenvalue weighted by atomic mass is 10.1. The fourth-order valence-corrected chi connectivity index (χ4v) is 1.99. The first-order valence-electron chi connectivity index (χ1n) is 6.23. The zero-order valence-corrected chi connectivity index (χ0v) is 10.9. The van der Waals surface area contributed by atoms with Gasteiger partial charge in [0, 0.05) is 12.6 Å². The second-order valence-corrected chi connectivity index (χ2v) is 4.61. The highest BCUT2D eigenvalue weighted by Gasteiger charge is 2.10. The average Bonchev–Trinajstić information content (AvgIpc) is 2.87. The van der Waals surface area contributed by atoms with Crippen LogP contribution in [0, 0.1) is 6.92 Å². The van der Waals surface area contributed by atoms with E-state index in [1.54, 1.807) is 6.20 Å². The fraction of sp³-hybridized carbons (Fsp3) is 0.133. The number of rotatable bonds is 3. The van der Waals surface area contributed by atoms with Crippen molar-refractivity contribution in [2.45, 2.75) is 13.3 Å². The van der Waals surface area contributed by atoms with E-state index in [2.05, 4.69) is 21.2 Å². The molecule has 0 bridgehead atoms. The van der Waals surface area contributed by atoms with Crippen LogP contribution in [0.5, 0.6) is 5.75 Å². The maximum absolute atomic E-state index is 9.39. The highest BCUT2D eigenvalue weighted by molar-refractivity contribution is 5.53. The normalized spacial score (nSPS) is 10.7. The van der Waals surface area contributed by atoms with E-state index in [-0.39, 0.29) is 5.75 Å². The maximum atomic E-state index is 9.39. The van der Waals surface area contributed by atoms with Gasteiger partial charge in [0.1, 0.15) is 5.75 Å². The molecule has 1 aromatic carbocycles. The van der Waals surface area contributed by atoms with Crippen LogP contribution in [0.3, 0.4) is 0 Å². The van der Waals surface area contributed by atoms with Gasteiger partial charge in [0.25, 0.3) is 5.89 Å². The summed E-state index contributed by atoms with van der Waals surface area (Å²) >= 11 is 0. The molecule has 0 radical (unpaired) electrons. The summed E-state index contributed by atoms with van der Waals surface area (Å²) < 4.78 is 5.20. The third kappa shape index (κ3) is 2.66. The Hall–Kier alpha value is -2.69. The lowest BCUT2D eigenvalue weighted by molar-refractivity contribution is 0.423. The van der Waals surface area contributed by atoms with E-state index in [1.165, 1.54) is 17.8 Å². The van der Waals surface area contributed by atoms with E-state index in [1.807, 2.05) is 25.1 Å². The molecular weight excluding hydrogens is 254 g/mol. The average molecular weight is 267 g/mol. The van der Waals surface area contributed by atoms with E-state index in [9.17, 15) is 5.11 Å². The predicted molar refractivity (Wildman–Crippen MR) is 73.2 cm³/mol. The van der Waals surface area contributed by atoms with Gasteiger partial charge in [-0.05, 0) is 18.6 Å². The Bertz CT molecular complexity index is 737. The molecular formula is C15H13N3O2. The van der Waals surface area contributed by atoms with Gasteiger partial charge in [-0.2, -0.15) is 4.98 Å². The van der Waals surface area contributed by atoms with Crippen molar-refractivity contribution < 1.29 is 9.63 Å². The van der Waals surface area contributed by atoms with Crippen molar-refractivity contribution in [2.75, 3.05) is 0 Å². The van der Waals surface area contributed by atoms with Gasteiger partial charge >= 0.3 is 0 Å². The lowest BCUT2D eigenvalue weighted by Gasteiger charge is -1.98. The summed E-state index contributed by atoms with van der Waals surface area (Å²) in [7, 11) is 0. The van der Waals surface area contributed by atoms with Gasteiger partial charge in [-0.1, -0.05) is 35.0 Å². The molecule has 0 aliphatic carbocycles. The van der Waals surface area contributed by atoms with E-state index in [0.29, 0.717) is 23.7 Å². The molecule has 2 aromatic heterocycles. The number of nitrogens with zero attached hydrogens (tertiary/aromatic N) is 3. The molecule has 20 heavy (non-hydrogen) atoms. The van der Waals surface area contributed by atoms with Crippen LogP contribution < -0.4 is 0 Å². The van der Waals surface area contributed by atoms with Gasteiger partial charge < -0.3 is 9.63 Å². The van der Waals surface area contributed by atoms with Crippen molar-refractivity contribution in [3.8, 4) is 17.2 Å². The molecule has 5 nitrogen and oxygen atoms in total. The fourth-order valence-electron chi connectivity index (χ4n) is 1.99. The van der Waals surface area contributed by atoms with Gasteiger partial charge in [-0.25, -0.2) is 0 Å². The number of aromatic hydroxyl groups is 1. The SMILES string of the molecule is Cc1cccc(Cc2noc(-c3cncc(O)c3)n2)c1. The zero-order valence-electron chi connectivity index (χ0n) is 10.9. The zero-order chi connectivity index (χ0) is 13.9. The van der Waals surface area contributed by atoms with E-state index < -0.39 is 0 Å². The first kappa shape index (κ1) is 12.3. The number of pyridine rings is 1. The quantitative estimate of drug-likeness (QED) is 0.790. The molecule has 0 amide bonds. The van der Waals surface area contributed by atoms with Gasteiger partial charge in [0.15, 0.2) is 5.82 Å². The molecule has 0 fully saturated rings. The Kier molecular flexibility index (Phi) is 3.16. The lowest BCUT2D eigenvalue weighted by Crippen LogP contribution is -1.91. The van der Waals surface area contributed by atoms with Gasteiger partial charge in [0.2, 0.25) is 0 Å². The number of hydrogen-bond acceptors (Lipinski definition) is 5. The second kappa shape index (κ2) is 5.13. The summed E-state index contributed by atoms with van der Waals surface area (Å²) in [5.74, 6) is 1.03. The van der Waals surface area contributed by atoms with Gasteiger partial charge in [-0.15, -0.1) is 0 Å². The highest BCUT2D eigenvalue weighted by atomic mass is 16.5. The molecule has 0 aliphatic rings. The Morgan fingerprint density at radius 3 is 2.90 bits per heavy atom. The van der Waals surface area contributed by atoms with Crippen LogP contribution in [0.4, 0.5) is 0 Å². The van der Waals surface area contributed by atoms with Crippen LogP contribution in [-0.4, -0.2) is 20.2 Å². The third-order valence-electron chi connectivity index (χ3n) is 2.88. The van der Waals surface area contributed by atoms with Crippen molar-refractivity contribution >= 4 is 0 Å². The minimum Gasteiger partial charge on any atom is -0.506 e. The summed E-state index contributed by atoms with van der Waals surface area (Å²) in [6.45, 7) is 2.05. The number of hydrogen-bond donors (Lipinski definition) is 1. The minimum absolute atomic E-state index is 0.0703. The summed E-state index contributed by atoms with van der Waals surface area (Å²) in [6, 6.07) is 9.70. The second-order valence-electron chi connectivity index (χ2n) is 4.61. The standard InChI is InChI=1S/C15H13N3O2/c1-10-3-2-4-11(5-10)6-14-17-15(20-18-14)12-7-13(19)9-16-8-12/h2-5,7-9,19H,6H2,1H3. The topological polar surface area (TPSA) is 72.0 Å². The highest BCUT2D eigenvalue weighted by Crippen LogP contribution is 2.20. The Balaban J connectivity index is 1.84. The Morgan fingerprint density at radius 1 is 1.20 bits per heavy atom. The number of aryl methyl sites for hydroxylation is 1. The molecule has 2 heterocycles. The maximum Gasteiger partial charge on any atom is 0.259 e. The summed E-state index contributed by atoms with van der Waals surface area (Å²) in [6.07, 6.45) is 3.54. The molecule has 0 spiro atoms. The molecule has 100 valence electrons. The third-order valence-corrected chi connectivity index (χ3v) is 2.88. The first-order valence-corrected chi connectivity index (χ1v) is 6.23. The van der Waals surface area contributed by atoms with Crippen molar-refractivity contribution in [2.24, 2.45) is 0 Å². The van der Waals surface area contributed by atoms with Crippen molar-refractivity contribution in [3.05, 3.63) is 59.7 Å². The van der Waals surface area contributed by atoms with E-state index in [0.717, 1.165) is 5.56 Å². The molecule has 3 aromatic rings. The van der Waals surface area contributed by atoms with Crippen LogP contribution in [0.25, 0.3) is 11.5 Å². The van der Waals surface area contributed by atoms with Crippen molar-refractivity contribution in [1.29, 1.82) is 0 Å². The van der Waals surface area contributed by atoms with Crippen LogP contribution in [0.2, 0.25) is 0 Å². The van der Waals surface area contributed by atoms with Crippen LogP contribution in [0.15, 0.2) is 47.2 Å². The first-order chi connectivity index (χ1) is 9.70. The molecule has 0 atom stereocenters. The Labute approximate surface area is 115 Å². The summed E-state index contributed by atoms with van der Waals surface area (Å²) in [5, 5.41) is 13.3. The monoisotopic (exact) mass is 267 g/mol. The molecule has 0 unspecified atom stereocenters. The van der Waals surface area contributed by atoms with Crippen LogP contribution in [-0.2, 0) is 6.42 Å². The van der Waals surface area contributed by atoms with Gasteiger partial charge in [0.05, 0.1) is 11.8 Å². The Morgan fingerprint density at radius 2 is 2.10 bits per heavy atom. The van der Waals surface area contributed by atoms with Gasteiger partial charge in [-0.3, -0.25) is 4.98 Å². The molecule has 0 aliphatic heterocycles. The minimum atomic E-state index is 0.0703. The molecule has 0 saturated heterocycles. The van der Waals surface area contributed by atoms with Crippen LogP contribution in [0.1, 0.15) is 17.0 Å². The summed E-state index contributed by atoms with van der Waals surface area (Å²) in [5.41, 5.74) is 2.93. The molecule has 0 saturated carbocycles. The smallest absolute Gasteiger partial charge is 0.259 e. The molecule has 3 rings (SSSR count). The largest absolute Gasteiger partial charge is 0.506 e. The number of benzene rings is 1. The van der Waals surface area contributed by atoms with Crippen molar-refractivity contribution in [3.63, 3.8) is 0 Å². The number of aromatic nitrogens is 3. The molecule has 5 heteroatoms.